The second-order valence-corrected chi connectivity index (χ2v) is 8.86. The summed E-state index contributed by atoms with van der Waals surface area (Å²) in [4.78, 5) is 11.8. The number of esters is 1. The van der Waals surface area contributed by atoms with Gasteiger partial charge in [-0.2, -0.15) is 0 Å². The van der Waals surface area contributed by atoms with Crippen molar-refractivity contribution in [3.63, 3.8) is 0 Å². The van der Waals surface area contributed by atoms with Crippen LogP contribution < -0.4 is 4.72 Å². The summed E-state index contributed by atoms with van der Waals surface area (Å²) in [6, 6.07) is 16.3. The lowest BCUT2D eigenvalue weighted by molar-refractivity contribution is 0.0599. The Morgan fingerprint density at radius 2 is 1.52 bits per heavy atom. The van der Waals surface area contributed by atoms with Crippen LogP contribution in [0.25, 0.3) is 11.1 Å². The summed E-state index contributed by atoms with van der Waals surface area (Å²) in [6.45, 7) is 1.71. The molecule has 29 heavy (non-hydrogen) atoms. The second-order valence-electron chi connectivity index (χ2n) is 6.31. The van der Waals surface area contributed by atoms with E-state index in [1.54, 1.807) is 55.5 Å². The standard InChI is InChI=1S/C21H17Cl2NO4S/c1-13-3-8-19(12-20(13)21(25)28-2)29(26,27)24-18-6-4-14(5-7-18)15-9-16(22)11-17(23)10-15/h3-12,24H,1-2H3. The smallest absolute Gasteiger partial charge is 0.338 e. The average molecular weight is 450 g/mol. The quantitative estimate of drug-likeness (QED) is 0.517. The Balaban J connectivity index is 1.87. The van der Waals surface area contributed by atoms with Gasteiger partial charge >= 0.3 is 5.97 Å². The van der Waals surface area contributed by atoms with Crippen LogP contribution in [0.2, 0.25) is 10.0 Å². The molecular formula is C21H17Cl2NO4S. The first-order chi connectivity index (χ1) is 13.7. The zero-order chi connectivity index (χ0) is 21.2. The third-order valence-electron chi connectivity index (χ3n) is 4.26. The molecule has 0 fully saturated rings. The fourth-order valence-corrected chi connectivity index (χ4v) is 4.37. The number of ether oxygens (including phenoxy) is 1. The largest absolute Gasteiger partial charge is 0.465 e. The molecule has 0 saturated heterocycles. The van der Waals surface area contributed by atoms with Gasteiger partial charge in [-0.15, -0.1) is 0 Å². The molecule has 3 aromatic rings. The molecule has 0 spiro atoms. The number of sulfonamides is 1. The summed E-state index contributed by atoms with van der Waals surface area (Å²) >= 11 is 12.1. The zero-order valence-electron chi connectivity index (χ0n) is 15.6. The van der Waals surface area contributed by atoms with E-state index in [0.29, 0.717) is 21.3 Å². The molecule has 150 valence electrons. The third kappa shape index (κ3) is 4.90. The SMILES string of the molecule is COC(=O)c1cc(S(=O)(=O)Nc2ccc(-c3cc(Cl)cc(Cl)c3)cc2)ccc1C. The molecule has 1 N–H and O–H groups in total. The first kappa shape index (κ1) is 21.2. The summed E-state index contributed by atoms with van der Waals surface area (Å²) in [5, 5.41) is 1.02. The van der Waals surface area contributed by atoms with Gasteiger partial charge < -0.3 is 4.74 Å². The van der Waals surface area contributed by atoms with Crippen LogP contribution >= 0.6 is 23.2 Å². The highest BCUT2D eigenvalue weighted by Gasteiger charge is 2.18. The van der Waals surface area contributed by atoms with Crippen molar-refractivity contribution in [2.24, 2.45) is 0 Å². The Bertz CT molecular complexity index is 1160. The lowest BCUT2D eigenvalue weighted by Gasteiger charge is -2.11. The molecule has 0 unspecified atom stereocenters. The maximum atomic E-state index is 12.7. The van der Waals surface area contributed by atoms with E-state index in [2.05, 4.69) is 4.72 Å². The van der Waals surface area contributed by atoms with Crippen molar-refractivity contribution >= 4 is 44.9 Å². The molecule has 0 aliphatic heterocycles. The molecule has 0 amide bonds. The summed E-state index contributed by atoms with van der Waals surface area (Å²) in [5.41, 5.74) is 2.85. The van der Waals surface area contributed by atoms with Crippen LogP contribution in [0, 0.1) is 6.92 Å². The van der Waals surface area contributed by atoms with Gasteiger partial charge in [-0.3, -0.25) is 4.72 Å². The lowest BCUT2D eigenvalue weighted by atomic mass is 10.1. The highest BCUT2D eigenvalue weighted by atomic mass is 35.5. The van der Waals surface area contributed by atoms with Crippen LogP contribution in [-0.4, -0.2) is 21.5 Å². The van der Waals surface area contributed by atoms with Crippen molar-refractivity contribution in [2.75, 3.05) is 11.8 Å². The van der Waals surface area contributed by atoms with E-state index >= 15 is 0 Å². The predicted molar refractivity (Wildman–Crippen MR) is 115 cm³/mol. The Morgan fingerprint density at radius 1 is 0.897 bits per heavy atom. The summed E-state index contributed by atoms with van der Waals surface area (Å²) < 4.78 is 32.7. The van der Waals surface area contributed by atoms with Gasteiger partial charge in [-0.05, 0) is 66.1 Å². The molecule has 0 aliphatic carbocycles. The summed E-state index contributed by atoms with van der Waals surface area (Å²) in [5.74, 6) is -0.593. The highest BCUT2D eigenvalue weighted by molar-refractivity contribution is 7.92. The van der Waals surface area contributed by atoms with Gasteiger partial charge in [0.25, 0.3) is 10.0 Å². The van der Waals surface area contributed by atoms with Gasteiger partial charge in [-0.1, -0.05) is 41.4 Å². The van der Waals surface area contributed by atoms with Crippen molar-refractivity contribution in [1.82, 2.24) is 0 Å². The second kappa shape index (κ2) is 8.45. The van der Waals surface area contributed by atoms with Crippen LogP contribution in [-0.2, 0) is 14.8 Å². The highest BCUT2D eigenvalue weighted by Crippen LogP contribution is 2.28. The molecule has 0 heterocycles. The summed E-state index contributed by atoms with van der Waals surface area (Å²) in [6.07, 6.45) is 0. The van der Waals surface area contributed by atoms with Crippen LogP contribution in [0.4, 0.5) is 5.69 Å². The molecule has 5 nitrogen and oxygen atoms in total. The summed E-state index contributed by atoms with van der Waals surface area (Å²) in [7, 11) is -2.64. The van der Waals surface area contributed by atoms with Crippen LogP contribution in [0.15, 0.2) is 65.6 Å². The van der Waals surface area contributed by atoms with Gasteiger partial charge in [-0.25, -0.2) is 13.2 Å². The third-order valence-corrected chi connectivity index (χ3v) is 6.07. The number of hydrogen-bond donors (Lipinski definition) is 1. The molecule has 0 atom stereocenters. The molecule has 0 radical (unpaired) electrons. The van der Waals surface area contributed by atoms with Crippen molar-refractivity contribution in [3.8, 4) is 11.1 Å². The number of halogens is 2. The molecule has 3 aromatic carbocycles. The maximum absolute atomic E-state index is 12.7. The number of methoxy groups -OCH3 is 1. The normalized spacial score (nSPS) is 11.2. The van der Waals surface area contributed by atoms with Gasteiger partial charge in [0.05, 0.1) is 17.6 Å². The fourth-order valence-electron chi connectivity index (χ4n) is 2.76. The molecular weight excluding hydrogens is 433 g/mol. The van der Waals surface area contributed by atoms with E-state index in [1.165, 1.54) is 19.2 Å². The molecule has 0 aromatic heterocycles. The first-order valence-electron chi connectivity index (χ1n) is 8.48. The fraction of sp³-hybridized carbons (Fsp3) is 0.0952. The Kier molecular flexibility index (Phi) is 6.17. The number of hydrogen-bond acceptors (Lipinski definition) is 4. The number of aryl methyl sites for hydroxylation is 1. The van der Waals surface area contributed by atoms with E-state index in [-0.39, 0.29) is 10.5 Å². The topological polar surface area (TPSA) is 72.5 Å². The Morgan fingerprint density at radius 3 is 2.10 bits per heavy atom. The van der Waals surface area contributed by atoms with Crippen molar-refractivity contribution in [1.29, 1.82) is 0 Å². The van der Waals surface area contributed by atoms with E-state index in [0.717, 1.165) is 11.1 Å². The minimum Gasteiger partial charge on any atom is -0.465 e. The number of carbonyl (C=O) groups excluding carboxylic acids is 1. The van der Waals surface area contributed by atoms with Gasteiger partial charge in [0, 0.05) is 15.7 Å². The monoisotopic (exact) mass is 449 g/mol. The lowest BCUT2D eigenvalue weighted by Crippen LogP contribution is -2.14. The van der Waals surface area contributed by atoms with Crippen molar-refractivity contribution in [2.45, 2.75) is 11.8 Å². The molecule has 0 bridgehead atoms. The van der Waals surface area contributed by atoms with Crippen LogP contribution in [0.5, 0.6) is 0 Å². The number of rotatable bonds is 5. The van der Waals surface area contributed by atoms with Gasteiger partial charge in [0.2, 0.25) is 0 Å². The Hall–Kier alpha value is -2.54. The number of carbonyl (C=O) groups is 1. The number of anilines is 1. The number of benzene rings is 3. The van der Waals surface area contributed by atoms with E-state index in [1.807, 2.05) is 0 Å². The number of nitrogens with one attached hydrogen (secondary N) is 1. The van der Waals surface area contributed by atoms with Gasteiger partial charge in [0.1, 0.15) is 0 Å². The van der Waals surface area contributed by atoms with E-state index in [9.17, 15) is 13.2 Å². The van der Waals surface area contributed by atoms with E-state index < -0.39 is 16.0 Å². The predicted octanol–water partition coefficient (Wildman–Crippen LogP) is 5.56. The van der Waals surface area contributed by atoms with Crippen molar-refractivity contribution < 1.29 is 17.9 Å². The zero-order valence-corrected chi connectivity index (χ0v) is 17.9. The molecule has 0 aliphatic rings. The maximum Gasteiger partial charge on any atom is 0.338 e. The average Bonchev–Trinajstić information content (AvgIpc) is 2.67. The minimum absolute atomic E-state index is 0.0331. The van der Waals surface area contributed by atoms with Crippen LogP contribution in [0.3, 0.4) is 0 Å². The first-order valence-corrected chi connectivity index (χ1v) is 10.7. The van der Waals surface area contributed by atoms with Crippen molar-refractivity contribution in [3.05, 3.63) is 81.8 Å². The molecule has 3 rings (SSSR count). The van der Waals surface area contributed by atoms with E-state index in [4.69, 9.17) is 27.9 Å². The van der Waals surface area contributed by atoms with Gasteiger partial charge in [0.15, 0.2) is 0 Å². The molecule has 0 saturated carbocycles. The minimum atomic E-state index is -3.89. The molecule has 8 heteroatoms. The van der Waals surface area contributed by atoms with Crippen LogP contribution in [0.1, 0.15) is 15.9 Å². The Labute approximate surface area is 179 Å².